The van der Waals surface area contributed by atoms with E-state index >= 15 is 0 Å². The molecule has 5 heteroatoms. The summed E-state index contributed by atoms with van der Waals surface area (Å²) in [5, 5.41) is 0. The van der Waals surface area contributed by atoms with Crippen LogP contribution in [0.4, 0.5) is 0 Å². The lowest BCUT2D eigenvalue weighted by Gasteiger charge is -2.26. The average molecular weight is 511 g/mol. The molecule has 2 aliphatic heterocycles. The summed E-state index contributed by atoms with van der Waals surface area (Å²) in [6.07, 6.45) is 18.4. The van der Waals surface area contributed by atoms with Crippen molar-refractivity contribution in [2.45, 2.75) is 92.5 Å². The first kappa shape index (κ1) is 30.7. The summed E-state index contributed by atoms with van der Waals surface area (Å²) >= 11 is 0. The van der Waals surface area contributed by atoms with E-state index in [1.165, 1.54) is 6.08 Å². The molecular formula is C32H46O5. The fourth-order valence-corrected chi connectivity index (χ4v) is 5.42. The van der Waals surface area contributed by atoms with E-state index in [4.69, 9.17) is 9.47 Å². The highest BCUT2D eigenvalue weighted by atomic mass is 16.5. The van der Waals surface area contributed by atoms with Crippen molar-refractivity contribution in [2.75, 3.05) is 0 Å². The van der Waals surface area contributed by atoms with E-state index in [2.05, 4.69) is 39.0 Å². The van der Waals surface area contributed by atoms with Crippen LogP contribution in [0.3, 0.4) is 0 Å². The van der Waals surface area contributed by atoms with E-state index in [0.29, 0.717) is 12.3 Å². The van der Waals surface area contributed by atoms with Gasteiger partial charge in [-0.05, 0) is 51.5 Å². The minimum Gasteiger partial charge on any atom is -0.454 e. The maximum Gasteiger partial charge on any atom is 0.331 e. The van der Waals surface area contributed by atoms with Gasteiger partial charge in [0.15, 0.2) is 0 Å². The Morgan fingerprint density at radius 3 is 2.49 bits per heavy atom. The van der Waals surface area contributed by atoms with Crippen molar-refractivity contribution in [3.05, 3.63) is 59.8 Å². The van der Waals surface area contributed by atoms with Crippen LogP contribution < -0.4 is 0 Å². The first-order valence-corrected chi connectivity index (χ1v) is 13.6. The lowest BCUT2D eigenvalue weighted by atomic mass is 9.83. The molecule has 37 heavy (non-hydrogen) atoms. The van der Waals surface area contributed by atoms with Crippen molar-refractivity contribution >= 4 is 18.0 Å². The van der Waals surface area contributed by atoms with Crippen molar-refractivity contribution < 1.29 is 23.9 Å². The Morgan fingerprint density at radius 2 is 1.81 bits per heavy atom. The van der Waals surface area contributed by atoms with Gasteiger partial charge in [-0.15, -0.1) is 0 Å². The number of hydrogen-bond donors (Lipinski definition) is 0. The van der Waals surface area contributed by atoms with Crippen molar-refractivity contribution in [1.29, 1.82) is 0 Å². The number of Topliss-reactive ketones (excluding diaryl/α,β-unsaturated/α-hetero) is 1. The van der Waals surface area contributed by atoms with Gasteiger partial charge in [0.2, 0.25) is 0 Å². The van der Waals surface area contributed by atoms with Crippen molar-refractivity contribution in [3.8, 4) is 0 Å². The molecule has 0 spiro atoms. The molecule has 0 N–H and O–H groups in total. The van der Waals surface area contributed by atoms with E-state index in [0.717, 1.165) is 30.3 Å². The molecular weight excluding hydrogens is 464 g/mol. The number of hydrogen-bond acceptors (Lipinski definition) is 5. The Hall–Kier alpha value is -2.53. The van der Waals surface area contributed by atoms with Crippen LogP contribution in [-0.4, -0.2) is 35.8 Å². The Labute approximate surface area is 223 Å². The zero-order valence-electron chi connectivity index (χ0n) is 23.9. The third-order valence-corrected chi connectivity index (χ3v) is 7.44. The van der Waals surface area contributed by atoms with Gasteiger partial charge in [-0.1, -0.05) is 82.2 Å². The quantitative estimate of drug-likeness (QED) is 0.165. The Kier molecular flexibility index (Phi) is 11.5. The van der Waals surface area contributed by atoms with Crippen LogP contribution in [0.5, 0.6) is 0 Å². The van der Waals surface area contributed by atoms with Crippen LogP contribution in [0.25, 0.3) is 0 Å². The van der Waals surface area contributed by atoms with E-state index in [-0.39, 0.29) is 47.6 Å². The Bertz CT molecular complexity index is 968. The fraction of sp³-hybridized carbons (Fsp3) is 0.594. The second-order valence-corrected chi connectivity index (χ2v) is 11.5. The minimum absolute atomic E-state index is 0.154. The summed E-state index contributed by atoms with van der Waals surface area (Å²) in [6, 6.07) is 0. The monoisotopic (exact) mass is 510 g/mol. The van der Waals surface area contributed by atoms with Gasteiger partial charge in [-0.2, -0.15) is 0 Å². The second-order valence-electron chi connectivity index (χ2n) is 11.5. The molecule has 0 unspecified atom stereocenters. The molecule has 1 fully saturated rings. The smallest absolute Gasteiger partial charge is 0.331 e. The lowest BCUT2D eigenvalue weighted by Crippen LogP contribution is -2.34. The number of rotatable bonds is 12. The van der Waals surface area contributed by atoms with Crippen molar-refractivity contribution in [3.63, 3.8) is 0 Å². The number of esters is 1. The zero-order valence-corrected chi connectivity index (χ0v) is 23.9. The Balaban J connectivity index is 1.88. The van der Waals surface area contributed by atoms with Gasteiger partial charge in [-0.25, -0.2) is 4.79 Å². The Morgan fingerprint density at radius 1 is 1.14 bits per heavy atom. The van der Waals surface area contributed by atoms with E-state index in [1.807, 2.05) is 58.9 Å². The predicted molar refractivity (Wildman–Crippen MR) is 149 cm³/mol. The second kappa shape index (κ2) is 13.9. The molecule has 0 saturated carbocycles. The highest BCUT2D eigenvalue weighted by Gasteiger charge is 2.45. The summed E-state index contributed by atoms with van der Waals surface area (Å²) in [6.45, 7) is 16.2. The van der Waals surface area contributed by atoms with Crippen LogP contribution in [0.15, 0.2) is 59.8 Å². The molecule has 0 amide bonds. The van der Waals surface area contributed by atoms with Crippen LogP contribution in [-0.2, 0) is 23.9 Å². The number of ketones is 1. The summed E-state index contributed by atoms with van der Waals surface area (Å²) < 4.78 is 11.6. The van der Waals surface area contributed by atoms with E-state index in [1.54, 1.807) is 0 Å². The molecule has 0 aromatic heterocycles. The van der Waals surface area contributed by atoms with Gasteiger partial charge < -0.3 is 14.3 Å². The van der Waals surface area contributed by atoms with Crippen LogP contribution in [0.1, 0.15) is 74.7 Å². The maximum absolute atomic E-state index is 13.1. The molecule has 0 bridgehead atoms. The van der Waals surface area contributed by atoms with Crippen molar-refractivity contribution in [2.24, 2.45) is 29.6 Å². The lowest BCUT2D eigenvalue weighted by molar-refractivity contribution is -0.143. The third kappa shape index (κ3) is 9.37. The molecule has 5 nitrogen and oxygen atoms in total. The maximum atomic E-state index is 13.1. The third-order valence-electron chi connectivity index (χ3n) is 7.44. The molecule has 0 aromatic carbocycles. The molecule has 0 aliphatic carbocycles. The number of ether oxygens (including phenoxy) is 2. The normalized spacial score (nSPS) is 31.5. The molecule has 0 aromatic rings. The highest BCUT2D eigenvalue weighted by Crippen LogP contribution is 2.40. The van der Waals surface area contributed by atoms with E-state index < -0.39 is 5.60 Å². The summed E-state index contributed by atoms with van der Waals surface area (Å²) in [5.41, 5.74) is 1.73. The standard InChI is InChI=1S/C32H46O5/c1-21(18-23(3)12-14-28-24(4)13-15-29(34)36-28)10-9-11-22(2)19-25(5)30(35)27(7)31-26(6)20-32(8,37-31)16-17-33/h9,11-15,17-19,21,24-28,31H,10,16,20H2,1-8H3/b11-9+,14-12+,22-19+,23-18-/t21-,24+,25+,26-,27-,28+,31+,32+/m0/s1. The highest BCUT2D eigenvalue weighted by molar-refractivity contribution is 5.85. The van der Waals surface area contributed by atoms with Crippen LogP contribution in [0.2, 0.25) is 0 Å². The molecule has 8 atom stereocenters. The number of carbonyl (C=O) groups excluding carboxylic acids is 3. The molecule has 1 saturated heterocycles. The van der Waals surface area contributed by atoms with Crippen molar-refractivity contribution in [1.82, 2.24) is 0 Å². The molecule has 0 radical (unpaired) electrons. The minimum atomic E-state index is -0.462. The number of allylic oxidation sites excluding steroid dienone is 7. The largest absolute Gasteiger partial charge is 0.454 e. The molecule has 2 heterocycles. The van der Waals surface area contributed by atoms with Crippen LogP contribution in [0, 0.1) is 29.6 Å². The summed E-state index contributed by atoms with van der Waals surface area (Å²) in [4.78, 5) is 35.6. The van der Waals surface area contributed by atoms with Crippen LogP contribution >= 0.6 is 0 Å². The van der Waals surface area contributed by atoms with Gasteiger partial charge in [0.05, 0.1) is 11.7 Å². The molecule has 204 valence electrons. The number of carbonyl (C=O) groups is 3. The van der Waals surface area contributed by atoms with Gasteiger partial charge in [0, 0.05) is 30.3 Å². The van der Waals surface area contributed by atoms with Gasteiger partial charge in [0.25, 0.3) is 0 Å². The number of cyclic esters (lactones) is 1. The topological polar surface area (TPSA) is 69.7 Å². The zero-order chi connectivity index (χ0) is 27.8. The first-order valence-electron chi connectivity index (χ1n) is 13.6. The van der Waals surface area contributed by atoms with Gasteiger partial charge >= 0.3 is 5.97 Å². The first-order chi connectivity index (χ1) is 17.3. The SMILES string of the molecule is CC(=C/[C@@H](C)C/C=C/C(C)=C/[C@@H](C)C(=O)[C@H](C)[C@@H]1O[C@](C)(CC=O)C[C@@H]1C)/C=C/[C@H]1OC(=O)C=C[C@H]1C. The number of aldehydes is 1. The predicted octanol–water partition coefficient (Wildman–Crippen LogP) is 6.75. The van der Waals surface area contributed by atoms with Gasteiger partial charge in [0.1, 0.15) is 18.2 Å². The molecule has 2 aliphatic rings. The van der Waals surface area contributed by atoms with E-state index in [9.17, 15) is 14.4 Å². The van der Waals surface area contributed by atoms with Gasteiger partial charge in [-0.3, -0.25) is 4.79 Å². The summed E-state index contributed by atoms with van der Waals surface area (Å²) in [5.74, 6) is 0.222. The molecule has 2 rings (SSSR count). The average Bonchev–Trinajstić information content (AvgIpc) is 3.12. The fourth-order valence-electron chi connectivity index (χ4n) is 5.42. The summed E-state index contributed by atoms with van der Waals surface area (Å²) in [7, 11) is 0.